The van der Waals surface area contributed by atoms with Crippen LogP contribution in [0.5, 0.6) is 0 Å². The minimum Gasteiger partial charge on any atom is -0.319 e. The molecule has 0 N–H and O–H groups in total. The molecule has 5 aromatic carbocycles. The Morgan fingerprint density at radius 1 is 0.641 bits per heavy atom. The minimum absolute atomic E-state index is 0.196. The van der Waals surface area contributed by atoms with E-state index in [4.69, 9.17) is 9.98 Å². The van der Waals surface area contributed by atoms with Gasteiger partial charge in [-0.15, -0.1) is 11.3 Å². The number of nitrogens with zero attached hydrogens (tertiary/aromatic N) is 4. The lowest BCUT2D eigenvalue weighted by molar-refractivity contribution is 0.372. The molecule has 39 heavy (non-hydrogen) atoms. The third-order valence-electron chi connectivity index (χ3n) is 7.64. The zero-order valence-electron chi connectivity index (χ0n) is 21.3. The normalized spacial score (nSPS) is 15.8. The number of benzene rings is 5. The Morgan fingerprint density at radius 3 is 2.15 bits per heavy atom. The highest BCUT2D eigenvalue weighted by Gasteiger charge is 2.29. The molecule has 8 rings (SSSR count). The Hall–Kier alpha value is -4.74. The van der Waals surface area contributed by atoms with Gasteiger partial charge in [-0.3, -0.25) is 4.57 Å². The zero-order valence-corrected chi connectivity index (χ0v) is 22.1. The summed E-state index contributed by atoms with van der Waals surface area (Å²) < 4.78 is 4.95. The van der Waals surface area contributed by atoms with Crippen LogP contribution < -0.4 is 0 Å². The lowest BCUT2D eigenvalue weighted by Gasteiger charge is -2.33. The number of para-hydroxylation sites is 1. The van der Waals surface area contributed by atoms with Gasteiger partial charge in [0.15, 0.2) is 12.0 Å². The van der Waals surface area contributed by atoms with Crippen LogP contribution in [0.25, 0.3) is 42.0 Å². The molecule has 2 aromatic heterocycles. The van der Waals surface area contributed by atoms with Crippen LogP contribution in [0.15, 0.2) is 131 Å². The molecule has 0 bridgehead atoms. The van der Waals surface area contributed by atoms with Crippen molar-refractivity contribution >= 4 is 65.1 Å². The van der Waals surface area contributed by atoms with Crippen molar-refractivity contribution in [2.24, 2.45) is 9.98 Å². The lowest BCUT2D eigenvalue weighted by atomic mass is 10.1. The lowest BCUT2D eigenvalue weighted by Crippen LogP contribution is -2.39. The number of fused-ring (bicyclic) bond motifs is 7. The number of amidine groups is 1. The van der Waals surface area contributed by atoms with Gasteiger partial charge in [-0.05, 0) is 23.8 Å². The van der Waals surface area contributed by atoms with Crippen LogP contribution in [-0.4, -0.2) is 28.3 Å². The second kappa shape index (κ2) is 8.65. The Balaban J connectivity index is 1.44. The molecule has 0 fully saturated rings. The summed E-state index contributed by atoms with van der Waals surface area (Å²) >= 11 is 1.87. The molecule has 186 valence electrons. The van der Waals surface area contributed by atoms with Gasteiger partial charge < -0.3 is 4.90 Å². The molecule has 0 saturated carbocycles. The molecule has 1 aliphatic heterocycles. The topological polar surface area (TPSA) is 32.9 Å². The van der Waals surface area contributed by atoms with Gasteiger partial charge >= 0.3 is 0 Å². The molecule has 1 atom stereocenters. The summed E-state index contributed by atoms with van der Waals surface area (Å²) in [5, 5.41) is 5.13. The molecular weight excluding hydrogens is 496 g/mol. The summed E-state index contributed by atoms with van der Waals surface area (Å²) in [6.45, 7) is 0. The van der Waals surface area contributed by atoms with E-state index in [1.807, 2.05) is 35.6 Å². The fourth-order valence-electron chi connectivity index (χ4n) is 5.82. The first kappa shape index (κ1) is 22.3. The van der Waals surface area contributed by atoms with Crippen molar-refractivity contribution in [3.8, 4) is 0 Å². The van der Waals surface area contributed by atoms with E-state index in [-0.39, 0.29) is 6.17 Å². The third-order valence-corrected chi connectivity index (χ3v) is 8.85. The molecular formula is C34H24N4S. The van der Waals surface area contributed by atoms with Crippen LogP contribution in [0.3, 0.4) is 0 Å². The highest BCUT2D eigenvalue weighted by atomic mass is 32.1. The van der Waals surface area contributed by atoms with Gasteiger partial charge in [-0.2, -0.15) is 4.99 Å². The first-order chi connectivity index (χ1) is 19.3. The molecule has 1 unspecified atom stereocenters. The average molecular weight is 521 g/mol. The van der Waals surface area contributed by atoms with E-state index in [0.717, 1.165) is 34.0 Å². The summed E-state index contributed by atoms with van der Waals surface area (Å²) in [5.74, 6) is 1.61. The number of thiophene rings is 1. The van der Waals surface area contributed by atoms with Crippen molar-refractivity contribution in [3.05, 3.63) is 132 Å². The van der Waals surface area contributed by atoms with Gasteiger partial charge in [-0.1, -0.05) is 103 Å². The van der Waals surface area contributed by atoms with E-state index in [9.17, 15) is 0 Å². The van der Waals surface area contributed by atoms with Crippen LogP contribution >= 0.6 is 11.3 Å². The number of aliphatic imine (C=N–C) groups is 2. The summed E-state index contributed by atoms with van der Waals surface area (Å²) in [6.07, 6.45) is -0.196. The second-order valence-corrected chi connectivity index (χ2v) is 11.0. The van der Waals surface area contributed by atoms with Crippen LogP contribution in [0.4, 0.5) is 0 Å². The van der Waals surface area contributed by atoms with Gasteiger partial charge in [0.1, 0.15) is 0 Å². The van der Waals surface area contributed by atoms with E-state index >= 15 is 0 Å². The summed E-state index contributed by atoms with van der Waals surface area (Å²) in [5.41, 5.74) is 4.44. The fraction of sp³-hybridized carbons (Fsp3) is 0.0588. The quantitative estimate of drug-likeness (QED) is 0.225. The average Bonchev–Trinajstić information content (AvgIpc) is 3.54. The summed E-state index contributed by atoms with van der Waals surface area (Å²) in [6, 6.07) is 42.7. The minimum atomic E-state index is -0.196. The highest BCUT2D eigenvalue weighted by Crippen LogP contribution is 2.42. The molecule has 3 heterocycles. The van der Waals surface area contributed by atoms with Crippen molar-refractivity contribution in [2.75, 3.05) is 7.05 Å². The standard InChI is InChI=1S/C34H24N4S/c1-37-33(23-14-6-3-7-15-23)35-32(22-12-4-2-5-13-22)36-34(37)38-27-18-10-8-17-26(27)30-28(38)21-20-25-24-16-9-11-19-29(24)39-31(25)30/h2-21,33H,1H3. The van der Waals surface area contributed by atoms with Crippen molar-refractivity contribution in [3.63, 3.8) is 0 Å². The number of aromatic nitrogens is 1. The molecule has 1 aliphatic rings. The van der Waals surface area contributed by atoms with Gasteiger partial charge in [0.05, 0.1) is 11.0 Å². The number of hydrogen-bond donors (Lipinski definition) is 0. The van der Waals surface area contributed by atoms with Crippen LogP contribution in [0.1, 0.15) is 17.3 Å². The maximum Gasteiger partial charge on any atom is 0.214 e. The first-order valence-corrected chi connectivity index (χ1v) is 13.9. The predicted molar refractivity (Wildman–Crippen MR) is 165 cm³/mol. The Bertz CT molecular complexity index is 2080. The van der Waals surface area contributed by atoms with Crippen LogP contribution in [0, 0.1) is 0 Å². The van der Waals surface area contributed by atoms with Gasteiger partial charge in [-0.25, -0.2) is 4.99 Å². The fourth-order valence-corrected chi connectivity index (χ4v) is 7.08. The molecule has 7 aromatic rings. The summed E-state index contributed by atoms with van der Waals surface area (Å²) in [7, 11) is 2.10. The second-order valence-electron chi connectivity index (χ2n) is 9.91. The van der Waals surface area contributed by atoms with Crippen LogP contribution in [-0.2, 0) is 0 Å². The van der Waals surface area contributed by atoms with Crippen LogP contribution in [0.2, 0.25) is 0 Å². The molecule has 0 spiro atoms. The number of rotatable bonds is 2. The van der Waals surface area contributed by atoms with E-state index in [1.54, 1.807) is 0 Å². The Morgan fingerprint density at radius 2 is 1.33 bits per heavy atom. The van der Waals surface area contributed by atoms with Crippen molar-refractivity contribution < 1.29 is 0 Å². The zero-order chi connectivity index (χ0) is 25.9. The SMILES string of the molecule is CN1C(n2c3ccccc3c3c4sc5ccccc5c4ccc32)=NC(c2ccccc2)=NC1c1ccccc1. The maximum atomic E-state index is 5.23. The predicted octanol–water partition coefficient (Wildman–Crippen LogP) is 8.46. The summed E-state index contributed by atoms with van der Waals surface area (Å²) in [4.78, 5) is 12.6. The van der Waals surface area contributed by atoms with E-state index in [1.165, 1.54) is 30.9 Å². The van der Waals surface area contributed by atoms with Crippen molar-refractivity contribution in [1.82, 2.24) is 9.47 Å². The highest BCUT2D eigenvalue weighted by molar-refractivity contribution is 7.26. The Kier molecular flexibility index (Phi) is 4.94. The van der Waals surface area contributed by atoms with Gasteiger partial charge in [0, 0.05) is 43.6 Å². The van der Waals surface area contributed by atoms with E-state index < -0.39 is 0 Å². The Labute approximate surface area is 229 Å². The smallest absolute Gasteiger partial charge is 0.214 e. The first-order valence-electron chi connectivity index (χ1n) is 13.1. The molecule has 0 amide bonds. The maximum absolute atomic E-state index is 5.23. The molecule has 0 radical (unpaired) electrons. The molecule has 0 aliphatic carbocycles. The number of hydrogen-bond acceptors (Lipinski definition) is 4. The van der Waals surface area contributed by atoms with Crippen molar-refractivity contribution in [2.45, 2.75) is 6.17 Å². The monoisotopic (exact) mass is 520 g/mol. The molecule has 5 heteroatoms. The van der Waals surface area contributed by atoms with E-state index in [2.05, 4.69) is 114 Å². The molecule has 0 saturated heterocycles. The van der Waals surface area contributed by atoms with E-state index in [0.29, 0.717) is 0 Å². The van der Waals surface area contributed by atoms with Gasteiger partial charge in [0.2, 0.25) is 5.96 Å². The van der Waals surface area contributed by atoms with Crippen molar-refractivity contribution in [1.29, 1.82) is 0 Å². The largest absolute Gasteiger partial charge is 0.319 e. The third kappa shape index (κ3) is 3.37. The molecule has 4 nitrogen and oxygen atoms in total. The van der Waals surface area contributed by atoms with Gasteiger partial charge in [0.25, 0.3) is 0 Å².